The fourth-order valence-electron chi connectivity index (χ4n) is 3.30. The number of ether oxygens (including phenoxy) is 3. The summed E-state index contributed by atoms with van der Waals surface area (Å²) in [6.07, 6.45) is 11.4. The van der Waals surface area contributed by atoms with Crippen LogP contribution in [-0.2, 0) is 19.0 Å². The number of carbonyl (C=O) groups excluding carboxylic acids is 1. The Morgan fingerprint density at radius 1 is 0.912 bits per heavy atom. The Balaban J connectivity index is 2.17. The van der Waals surface area contributed by atoms with E-state index >= 15 is 0 Å². The highest BCUT2D eigenvalue weighted by molar-refractivity contribution is 5.69. The molecule has 1 aliphatic heterocycles. The fourth-order valence-corrected chi connectivity index (χ4v) is 3.30. The van der Waals surface area contributed by atoms with Crippen LogP contribution in [0.4, 0.5) is 0 Å². The number of allylic oxidation sites excluding steroid dienone is 6. The van der Waals surface area contributed by atoms with Crippen LogP contribution < -0.4 is 0 Å². The van der Waals surface area contributed by atoms with Gasteiger partial charge in [0.05, 0.1) is 13.2 Å². The molecule has 9 heteroatoms. The SMILES string of the molecule is CC/C=C\C/C=C\C/C=C\CCCCCC(=O)OC[C@@H](CO)O[C@@H]1O[C@@H](CO)[C@H](O)[C@@H](O)[C@@H]1O. The largest absolute Gasteiger partial charge is 0.463 e. The number of hydrogen-bond donors (Lipinski definition) is 5. The van der Waals surface area contributed by atoms with Gasteiger partial charge in [-0.25, -0.2) is 0 Å². The summed E-state index contributed by atoms with van der Waals surface area (Å²) in [5.41, 5.74) is 0. The molecule has 1 heterocycles. The first kappa shape index (κ1) is 30.4. The van der Waals surface area contributed by atoms with Crippen molar-refractivity contribution in [2.24, 2.45) is 0 Å². The Morgan fingerprint density at radius 3 is 2.24 bits per heavy atom. The third kappa shape index (κ3) is 12.2. The van der Waals surface area contributed by atoms with E-state index in [0.717, 1.165) is 38.5 Å². The highest BCUT2D eigenvalue weighted by atomic mass is 16.7. The van der Waals surface area contributed by atoms with Gasteiger partial charge >= 0.3 is 5.97 Å². The third-order valence-electron chi connectivity index (χ3n) is 5.34. The van der Waals surface area contributed by atoms with Gasteiger partial charge < -0.3 is 39.7 Å². The van der Waals surface area contributed by atoms with Crippen LogP contribution >= 0.6 is 0 Å². The fraction of sp³-hybridized carbons (Fsp3) is 0.720. The Hall–Kier alpha value is -1.59. The Kier molecular flexibility index (Phi) is 16.7. The molecule has 0 bridgehead atoms. The van der Waals surface area contributed by atoms with E-state index in [4.69, 9.17) is 14.2 Å². The minimum Gasteiger partial charge on any atom is -0.463 e. The molecule has 0 aliphatic carbocycles. The average Bonchev–Trinajstić information content (AvgIpc) is 2.84. The van der Waals surface area contributed by atoms with Crippen molar-refractivity contribution in [1.29, 1.82) is 0 Å². The molecule has 0 aromatic carbocycles. The molecule has 0 radical (unpaired) electrons. The minimum absolute atomic E-state index is 0.246. The molecule has 0 spiro atoms. The number of unbranched alkanes of at least 4 members (excludes halogenated alkanes) is 3. The van der Waals surface area contributed by atoms with E-state index in [1.807, 2.05) is 0 Å². The first-order valence-corrected chi connectivity index (χ1v) is 12.1. The van der Waals surface area contributed by atoms with Gasteiger partial charge in [0, 0.05) is 6.42 Å². The number of hydrogen-bond acceptors (Lipinski definition) is 9. The molecular weight excluding hydrogens is 444 g/mol. The molecule has 0 aromatic heterocycles. The summed E-state index contributed by atoms with van der Waals surface area (Å²) in [7, 11) is 0. The van der Waals surface area contributed by atoms with Crippen molar-refractivity contribution in [3.05, 3.63) is 36.5 Å². The van der Waals surface area contributed by atoms with Crippen molar-refractivity contribution in [3.63, 3.8) is 0 Å². The van der Waals surface area contributed by atoms with Gasteiger partial charge in [0.15, 0.2) is 6.29 Å². The molecule has 0 amide bonds. The van der Waals surface area contributed by atoms with Gasteiger partial charge in [-0.05, 0) is 38.5 Å². The lowest BCUT2D eigenvalue weighted by atomic mass is 9.99. The quantitative estimate of drug-likeness (QED) is 0.117. The summed E-state index contributed by atoms with van der Waals surface area (Å²) in [6, 6.07) is 0. The summed E-state index contributed by atoms with van der Waals surface area (Å²) in [5.74, 6) is -0.423. The summed E-state index contributed by atoms with van der Waals surface area (Å²) in [6.45, 7) is 0.756. The highest BCUT2D eigenvalue weighted by Crippen LogP contribution is 2.23. The zero-order valence-electron chi connectivity index (χ0n) is 20.1. The summed E-state index contributed by atoms with van der Waals surface area (Å²) in [5, 5.41) is 48.2. The predicted molar refractivity (Wildman–Crippen MR) is 127 cm³/mol. The van der Waals surface area contributed by atoms with Crippen LogP contribution in [0.2, 0.25) is 0 Å². The van der Waals surface area contributed by atoms with Crippen molar-refractivity contribution in [2.75, 3.05) is 19.8 Å². The number of esters is 1. The van der Waals surface area contributed by atoms with Gasteiger partial charge in [-0.2, -0.15) is 0 Å². The normalized spacial score (nSPS) is 26.6. The molecule has 9 nitrogen and oxygen atoms in total. The van der Waals surface area contributed by atoms with E-state index < -0.39 is 56.0 Å². The van der Waals surface area contributed by atoms with Crippen molar-refractivity contribution in [3.8, 4) is 0 Å². The summed E-state index contributed by atoms with van der Waals surface area (Å²) < 4.78 is 15.7. The molecule has 1 saturated heterocycles. The van der Waals surface area contributed by atoms with E-state index in [1.54, 1.807) is 0 Å². The number of aliphatic hydroxyl groups is 5. The van der Waals surface area contributed by atoms with Gasteiger partial charge in [0.25, 0.3) is 0 Å². The topological polar surface area (TPSA) is 146 Å². The molecule has 1 fully saturated rings. The second-order valence-electron chi connectivity index (χ2n) is 8.21. The lowest BCUT2D eigenvalue weighted by molar-refractivity contribution is -0.315. The molecule has 1 rings (SSSR count). The maximum Gasteiger partial charge on any atom is 0.305 e. The van der Waals surface area contributed by atoms with Crippen LogP contribution in [-0.4, -0.2) is 88.1 Å². The molecule has 6 atom stereocenters. The van der Waals surface area contributed by atoms with Crippen LogP contribution in [0.25, 0.3) is 0 Å². The second-order valence-corrected chi connectivity index (χ2v) is 8.21. The molecule has 1 aliphatic rings. The Labute approximate surface area is 202 Å². The standard InChI is InChI=1S/C25H42O9/c1-2-3-4-5-6-7-8-9-10-11-12-13-14-15-21(28)32-18-19(16-26)33-25-24(31)23(30)22(29)20(17-27)34-25/h3-4,6-7,9-10,19-20,22-27,29-31H,2,5,8,11-18H2,1H3/b4-3-,7-6-,10-9-/t19-,20+,22+,23-,24+,25-/m1/s1. The Morgan fingerprint density at radius 2 is 1.59 bits per heavy atom. The monoisotopic (exact) mass is 486 g/mol. The van der Waals surface area contributed by atoms with Crippen LogP contribution in [0, 0.1) is 0 Å². The highest BCUT2D eigenvalue weighted by Gasteiger charge is 2.44. The van der Waals surface area contributed by atoms with E-state index in [-0.39, 0.29) is 13.0 Å². The van der Waals surface area contributed by atoms with E-state index in [9.17, 15) is 30.3 Å². The summed E-state index contributed by atoms with van der Waals surface area (Å²) >= 11 is 0. The van der Waals surface area contributed by atoms with E-state index in [1.165, 1.54) is 0 Å². The van der Waals surface area contributed by atoms with Gasteiger partial charge in [-0.3, -0.25) is 4.79 Å². The van der Waals surface area contributed by atoms with Crippen LogP contribution in [0.5, 0.6) is 0 Å². The molecule has 0 aromatic rings. The molecule has 0 saturated carbocycles. The minimum atomic E-state index is -1.59. The van der Waals surface area contributed by atoms with Crippen LogP contribution in [0.1, 0.15) is 58.3 Å². The number of carbonyl (C=O) groups is 1. The molecule has 34 heavy (non-hydrogen) atoms. The van der Waals surface area contributed by atoms with Gasteiger partial charge in [-0.15, -0.1) is 0 Å². The predicted octanol–water partition coefficient (Wildman–Crippen LogP) is 1.52. The molecule has 196 valence electrons. The Bertz CT molecular complexity index is 618. The zero-order chi connectivity index (χ0) is 25.2. The summed E-state index contributed by atoms with van der Waals surface area (Å²) in [4.78, 5) is 11.9. The van der Waals surface area contributed by atoms with Crippen molar-refractivity contribution >= 4 is 5.97 Å². The van der Waals surface area contributed by atoms with Crippen molar-refractivity contribution in [1.82, 2.24) is 0 Å². The number of rotatable bonds is 17. The second kappa shape index (κ2) is 18.7. The average molecular weight is 487 g/mol. The third-order valence-corrected chi connectivity index (χ3v) is 5.34. The van der Waals surface area contributed by atoms with Gasteiger partial charge in [-0.1, -0.05) is 49.8 Å². The van der Waals surface area contributed by atoms with Gasteiger partial charge in [0.1, 0.15) is 37.1 Å². The lowest BCUT2D eigenvalue weighted by Gasteiger charge is -2.40. The molecule has 5 N–H and O–H groups in total. The van der Waals surface area contributed by atoms with E-state index in [0.29, 0.717) is 6.42 Å². The first-order valence-electron chi connectivity index (χ1n) is 12.1. The maximum absolute atomic E-state index is 11.9. The smallest absolute Gasteiger partial charge is 0.305 e. The van der Waals surface area contributed by atoms with Crippen molar-refractivity contribution in [2.45, 2.75) is 95.1 Å². The number of aliphatic hydroxyl groups excluding tert-OH is 5. The van der Waals surface area contributed by atoms with E-state index in [2.05, 4.69) is 43.4 Å². The molecular formula is C25H42O9. The zero-order valence-corrected chi connectivity index (χ0v) is 20.1. The van der Waals surface area contributed by atoms with Crippen LogP contribution in [0.3, 0.4) is 0 Å². The van der Waals surface area contributed by atoms with Crippen molar-refractivity contribution < 1.29 is 44.5 Å². The van der Waals surface area contributed by atoms with Crippen LogP contribution in [0.15, 0.2) is 36.5 Å². The first-order chi connectivity index (χ1) is 16.4. The molecule has 0 unspecified atom stereocenters. The maximum atomic E-state index is 11.9. The lowest BCUT2D eigenvalue weighted by Crippen LogP contribution is -2.60. The van der Waals surface area contributed by atoms with Gasteiger partial charge in [0.2, 0.25) is 0 Å².